The number of carbonyl (C=O) groups is 1. The van der Waals surface area contributed by atoms with Crippen LogP contribution in [0.1, 0.15) is 42.4 Å². The lowest BCUT2D eigenvalue weighted by Crippen LogP contribution is -2.20. The number of aryl methyl sites for hydroxylation is 1. The van der Waals surface area contributed by atoms with E-state index in [9.17, 15) is 17.6 Å². The van der Waals surface area contributed by atoms with Gasteiger partial charge in [-0.3, -0.25) is 4.72 Å². The van der Waals surface area contributed by atoms with Gasteiger partial charge in [0.15, 0.2) is 0 Å². The Labute approximate surface area is 180 Å². The standard InChI is InChI=1S/C22H24FN3O4S/c1-14-9-11-15(12-10-14)26-19(13-18(24-26)22(2,3)4)25-31(28,29)17-8-6-7-16(23)20(17)21(27)30-5/h6-13,25H,1-5H3. The molecule has 3 rings (SSSR count). The van der Waals surface area contributed by atoms with Crippen molar-refractivity contribution in [2.75, 3.05) is 11.8 Å². The van der Waals surface area contributed by atoms with Crippen LogP contribution in [0.25, 0.3) is 5.69 Å². The number of carbonyl (C=O) groups excluding carboxylic acids is 1. The molecule has 7 nitrogen and oxygen atoms in total. The summed E-state index contributed by atoms with van der Waals surface area (Å²) in [6, 6.07) is 12.4. The smallest absolute Gasteiger partial charge is 0.342 e. The lowest BCUT2D eigenvalue weighted by Gasteiger charge is -2.14. The van der Waals surface area contributed by atoms with Gasteiger partial charge < -0.3 is 4.74 Å². The van der Waals surface area contributed by atoms with Crippen LogP contribution in [0.5, 0.6) is 0 Å². The largest absolute Gasteiger partial charge is 0.465 e. The van der Waals surface area contributed by atoms with Crippen LogP contribution in [0.2, 0.25) is 0 Å². The molecule has 0 saturated heterocycles. The van der Waals surface area contributed by atoms with Crippen molar-refractivity contribution in [3.8, 4) is 5.69 Å². The highest BCUT2D eigenvalue weighted by Gasteiger charge is 2.29. The number of hydrogen-bond acceptors (Lipinski definition) is 5. The number of anilines is 1. The van der Waals surface area contributed by atoms with Crippen LogP contribution in [0, 0.1) is 12.7 Å². The summed E-state index contributed by atoms with van der Waals surface area (Å²) in [6.07, 6.45) is 0. The average Bonchev–Trinajstić information content (AvgIpc) is 3.11. The first-order chi connectivity index (χ1) is 14.4. The van der Waals surface area contributed by atoms with E-state index >= 15 is 0 Å². The number of halogens is 1. The highest BCUT2D eigenvalue weighted by molar-refractivity contribution is 7.92. The third-order valence-corrected chi connectivity index (χ3v) is 6.05. The van der Waals surface area contributed by atoms with Gasteiger partial charge in [-0.25, -0.2) is 22.3 Å². The van der Waals surface area contributed by atoms with E-state index < -0.39 is 32.3 Å². The second-order valence-corrected chi connectivity index (χ2v) is 9.77. The summed E-state index contributed by atoms with van der Waals surface area (Å²) < 4.78 is 49.1. The maximum absolute atomic E-state index is 14.3. The monoisotopic (exact) mass is 445 g/mol. The van der Waals surface area contributed by atoms with Gasteiger partial charge in [-0.2, -0.15) is 5.10 Å². The highest BCUT2D eigenvalue weighted by Crippen LogP contribution is 2.29. The Balaban J connectivity index is 2.14. The topological polar surface area (TPSA) is 90.3 Å². The zero-order chi connectivity index (χ0) is 23.0. The highest BCUT2D eigenvalue weighted by atomic mass is 32.2. The molecule has 0 spiro atoms. The molecular formula is C22H24FN3O4S. The Morgan fingerprint density at radius 1 is 1.13 bits per heavy atom. The zero-order valence-corrected chi connectivity index (χ0v) is 18.7. The lowest BCUT2D eigenvalue weighted by atomic mass is 9.92. The van der Waals surface area contributed by atoms with Crippen molar-refractivity contribution in [3.05, 3.63) is 71.2 Å². The van der Waals surface area contributed by atoms with E-state index in [0.29, 0.717) is 11.4 Å². The molecule has 1 heterocycles. The summed E-state index contributed by atoms with van der Waals surface area (Å²) in [5, 5.41) is 4.57. The maximum atomic E-state index is 14.3. The molecule has 31 heavy (non-hydrogen) atoms. The molecule has 0 aliphatic carbocycles. The van der Waals surface area contributed by atoms with Crippen molar-refractivity contribution < 1.29 is 22.3 Å². The number of methoxy groups -OCH3 is 1. The molecule has 1 aromatic heterocycles. The SMILES string of the molecule is COC(=O)c1c(F)cccc1S(=O)(=O)Nc1cc(C(C)(C)C)nn1-c1ccc(C)cc1. The molecule has 3 aromatic rings. The molecule has 0 saturated carbocycles. The molecule has 0 unspecified atom stereocenters. The molecular weight excluding hydrogens is 421 g/mol. The predicted octanol–water partition coefficient (Wildman–Crippen LogP) is 4.20. The van der Waals surface area contributed by atoms with Crippen LogP contribution < -0.4 is 4.72 Å². The van der Waals surface area contributed by atoms with Crippen LogP contribution in [0.15, 0.2) is 53.4 Å². The maximum Gasteiger partial charge on any atom is 0.342 e. The van der Waals surface area contributed by atoms with Crippen LogP contribution in [0.4, 0.5) is 10.2 Å². The minimum absolute atomic E-state index is 0.161. The third kappa shape index (κ3) is 4.61. The van der Waals surface area contributed by atoms with E-state index in [1.807, 2.05) is 52.0 Å². The summed E-state index contributed by atoms with van der Waals surface area (Å²) in [6.45, 7) is 7.80. The third-order valence-electron chi connectivity index (χ3n) is 4.65. The van der Waals surface area contributed by atoms with Crippen LogP contribution in [0.3, 0.4) is 0 Å². The van der Waals surface area contributed by atoms with Gasteiger partial charge in [0.05, 0.1) is 18.5 Å². The van der Waals surface area contributed by atoms with Crippen LogP contribution in [-0.2, 0) is 20.2 Å². The summed E-state index contributed by atoms with van der Waals surface area (Å²) in [5.41, 5.74) is 1.32. The van der Waals surface area contributed by atoms with E-state index in [2.05, 4.69) is 14.6 Å². The van der Waals surface area contributed by atoms with Gasteiger partial charge in [0, 0.05) is 11.5 Å². The number of hydrogen-bond donors (Lipinski definition) is 1. The summed E-state index contributed by atoms with van der Waals surface area (Å²) in [7, 11) is -3.29. The van der Waals surface area contributed by atoms with Gasteiger partial charge >= 0.3 is 5.97 Å². The number of ether oxygens (including phenoxy) is 1. The van der Waals surface area contributed by atoms with E-state index in [4.69, 9.17) is 0 Å². The van der Waals surface area contributed by atoms with Gasteiger partial charge in [0.1, 0.15) is 22.1 Å². The first kappa shape index (κ1) is 22.5. The average molecular weight is 446 g/mol. The minimum Gasteiger partial charge on any atom is -0.465 e. The van der Waals surface area contributed by atoms with Crippen molar-refractivity contribution in [1.82, 2.24) is 9.78 Å². The number of benzene rings is 2. The number of nitrogens with one attached hydrogen (secondary N) is 1. The molecule has 0 fully saturated rings. The number of esters is 1. The molecule has 2 aromatic carbocycles. The quantitative estimate of drug-likeness (QED) is 0.595. The minimum atomic E-state index is -4.34. The fraction of sp³-hybridized carbons (Fsp3) is 0.273. The molecule has 0 atom stereocenters. The predicted molar refractivity (Wildman–Crippen MR) is 116 cm³/mol. The van der Waals surface area contributed by atoms with Crippen molar-refractivity contribution in [2.45, 2.75) is 38.0 Å². The molecule has 0 amide bonds. The van der Waals surface area contributed by atoms with Crippen molar-refractivity contribution >= 4 is 21.8 Å². The van der Waals surface area contributed by atoms with Crippen molar-refractivity contribution in [1.29, 1.82) is 0 Å². The van der Waals surface area contributed by atoms with Gasteiger partial charge in [-0.1, -0.05) is 44.5 Å². The molecule has 164 valence electrons. The second kappa shape index (κ2) is 8.14. The Kier molecular flexibility index (Phi) is 5.91. The van der Waals surface area contributed by atoms with Gasteiger partial charge in [-0.15, -0.1) is 0 Å². The summed E-state index contributed by atoms with van der Waals surface area (Å²) >= 11 is 0. The summed E-state index contributed by atoms with van der Waals surface area (Å²) in [5.74, 6) is -1.91. The van der Waals surface area contributed by atoms with Gasteiger partial charge in [0.2, 0.25) is 0 Å². The van der Waals surface area contributed by atoms with E-state index in [1.165, 1.54) is 10.7 Å². The molecule has 0 aliphatic rings. The second-order valence-electron chi connectivity index (χ2n) is 8.12. The van der Waals surface area contributed by atoms with Crippen LogP contribution >= 0.6 is 0 Å². The fourth-order valence-electron chi connectivity index (χ4n) is 2.92. The number of aromatic nitrogens is 2. The Morgan fingerprint density at radius 2 is 1.77 bits per heavy atom. The Hall–Kier alpha value is -3.20. The molecule has 0 aliphatic heterocycles. The van der Waals surface area contributed by atoms with Crippen molar-refractivity contribution in [3.63, 3.8) is 0 Å². The molecule has 9 heteroatoms. The van der Waals surface area contributed by atoms with Crippen LogP contribution in [-0.4, -0.2) is 31.3 Å². The first-order valence-corrected chi connectivity index (χ1v) is 11.0. The normalized spacial score (nSPS) is 11.9. The number of nitrogens with zero attached hydrogens (tertiary/aromatic N) is 2. The van der Waals surface area contributed by atoms with E-state index in [0.717, 1.165) is 24.8 Å². The number of rotatable bonds is 5. The van der Waals surface area contributed by atoms with E-state index in [-0.39, 0.29) is 11.2 Å². The molecule has 1 N–H and O–H groups in total. The van der Waals surface area contributed by atoms with Gasteiger partial charge in [0.25, 0.3) is 10.0 Å². The van der Waals surface area contributed by atoms with E-state index in [1.54, 1.807) is 6.07 Å². The van der Waals surface area contributed by atoms with Crippen molar-refractivity contribution in [2.24, 2.45) is 0 Å². The molecule has 0 radical (unpaired) electrons. The molecule has 0 bridgehead atoms. The number of sulfonamides is 1. The zero-order valence-electron chi connectivity index (χ0n) is 17.9. The summed E-state index contributed by atoms with van der Waals surface area (Å²) in [4.78, 5) is 11.5. The lowest BCUT2D eigenvalue weighted by molar-refractivity contribution is 0.0590. The van der Waals surface area contributed by atoms with Gasteiger partial charge in [-0.05, 0) is 31.2 Å². The Morgan fingerprint density at radius 3 is 2.35 bits per heavy atom. The Bertz CT molecular complexity index is 1230. The first-order valence-electron chi connectivity index (χ1n) is 9.51. The fourth-order valence-corrected chi connectivity index (χ4v) is 4.16.